The van der Waals surface area contributed by atoms with Crippen molar-refractivity contribution in [1.82, 2.24) is 20.1 Å². The van der Waals surface area contributed by atoms with Crippen LogP contribution >= 0.6 is 11.8 Å². The third-order valence-corrected chi connectivity index (χ3v) is 4.53. The fourth-order valence-electron chi connectivity index (χ4n) is 2.28. The molecule has 1 amide bonds. The van der Waals surface area contributed by atoms with E-state index in [4.69, 9.17) is 0 Å². The lowest BCUT2D eigenvalue weighted by molar-refractivity contribution is -0.120. The maximum Gasteiger partial charge on any atom is 0.233 e. The van der Waals surface area contributed by atoms with Gasteiger partial charge in [-0.15, -0.1) is 16.8 Å². The molecule has 0 aliphatic heterocycles. The number of amides is 1. The summed E-state index contributed by atoms with van der Waals surface area (Å²) in [4.78, 5) is 12.1. The Hall–Kier alpha value is -2.15. The zero-order valence-corrected chi connectivity index (χ0v) is 15.5. The van der Waals surface area contributed by atoms with Gasteiger partial charge in [-0.05, 0) is 25.0 Å². The lowest BCUT2D eigenvalue weighted by atomic mass is 10.2. The van der Waals surface area contributed by atoms with E-state index in [1.807, 2.05) is 4.57 Å². The second-order valence-corrected chi connectivity index (χ2v) is 7.39. The van der Waals surface area contributed by atoms with Crippen molar-refractivity contribution in [2.75, 3.05) is 6.54 Å². The number of thioether (sulfide) groups is 1. The quantitative estimate of drug-likeness (QED) is 0.576. The highest BCUT2D eigenvalue weighted by molar-refractivity contribution is 8.00. The first kappa shape index (κ1) is 19.2. The van der Waals surface area contributed by atoms with E-state index in [-0.39, 0.29) is 17.0 Å². The fraction of sp³-hybridized carbons (Fsp3) is 0.389. The average Bonchev–Trinajstić information content (AvgIpc) is 2.94. The number of hydrogen-bond acceptors (Lipinski definition) is 4. The normalized spacial score (nSPS) is 12.2. The average molecular weight is 362 g/mol. The number of halogens is 1. The fourth-order valence-corrected chi connectivity index (χ4v) is 3.16. The molecule has 1 atom stereocenters. The van der Waals surface area contributed by atoms with Gasteiger partial charge in [0.2, 0.25) is 5.91 Å². The smallest absolute Gasteiger partial charge is 0.233 e. The summed E-state index contributed by atoms with van der Waals surface area (Å²) in [6, 6.07) is 6.50. The summed E-state index contributed by atoms with van der Waals surface area (Å²) in [7, 11) is 0. The summed E-state index contributed by atoms with van der Waals surface area (Å²) in [5, 5.41) is 11.4. The summed E-state index contributed by atoms with van der Waals surface area (Å²) in [5.41, 5.74) is 0.409. The molecule has 1 aromatic carbocycles. The molecule has 0 radical (unpaired) electrons. The van der Waals surface area contributed by atoms with Gasteiger partial charge < -0.3 is 9.88 Å². The molecule has 1 aromatic heterocycles. The molecule has 1 unspecified atom stereocenters. The Kier molecular flexibility index (Phi) is 6.75. The van der Waals surface area contributed by atoms with E-state index < -0.39 is 0 Å². The van der Waals surface area contributed by atoms with Crippen molar-refractivity contribution in [1.29, 1.82) is 0 Å². The van der Waals surface area contributed by atoms with Crippen molar-refractivity contribution in [3.63, 3.8) is 0 Å². The van der Waals surface area contributed by atoms with Gasteiger partial charge in [0, 0.05) is 13.1 Å². The van der Waals surface area contributed by atoms with Gasteiger partial charge in [-0.2, -0.15) is 0 Å². The molecular formula is C18H23FN4OS. The second kappa shape index (κ2) is 8.80. The monoisotopic (exact) mass is 362 g/mol. The maximum atomic E-state index is 14.2. The number of nitrogens with zero attached hydrogens (tertiary/aromatic N) is 3. The van der Waals surface area contributed by atoms with Crippen LogP contribution in [0.25, 0.3) is 11.4 Å². The lowest BCUT2D eigenvalue weighted by Crippen LogP contribution is -2.31. The van der Waals surface area contributed by atoms with E-state index in [0.29, 0.717) is 35.6 Å². The van der Waals surface area contributed by atoms with E-state index in [9.17, 15) is 9.18 Å². The van der Waals surface area contributed by atoms with Crippen LogP contribution < -0.4 is 5.32 Å². The largest absolute Gasteiger partial charge is 0.352 e. The molecule has 0 saturated heterocycles. The van der Waals surface area contributed by atoms with Gasteiger partial charge in [-0.3, -0.25) is 4.79 Å². The number of carbonyl (C=O) groups is 1. The molecule has 0 aliphatic carbocycles. The third-order valence-electron chi connectivity index (χ3n) is 3.45. The number of nitrogens with one attached hydrogen (secondary N) is 1. The molecular weight excluding hydrogens is 339 g/mol. The van der Waals surface area contributed by atoms with Crippen molar-refractivity contribution in [2.45, 2.75) is 37.7 Å². The number of aromatic nitrogens is 3. The highest BCUT2D eigenvalue weighted by atomic mass is 32.2. The minimum absolute atomic E-state index is 0.101. The molecule has 0 spiro atoms. The van der Waals surface area contributed by atoms with Crippen molar-refractivity contribution in [3.05, 3.63) is 42.7 Å². The summed E-state index contributed by atoms with van der Waals surface area (Å²) in [6.07, 6.45) is 1.63. The first-order valence-corrected chi connectivity index (χ1v) is 9.05. The van der Waals surface area contributed by atoms with Crippen molar-refractivity contribution < 1.29 is 9.18 Å². The molecule has 0 fully saturated rings. The lowest BCUT2D eigenvalue weighted by Gasteiger charge is -2.15. The predicted octanol–water partition coefficient (Wildman–Crippen LogP) is 3.52. The number of carbonyl (C=O) groups excluding carboxylic acids is 1. The van der Waals surface area contributed by atoms with Crippen LogP contribution in [-0.2, 0) is 11.3 Å². The standard InChI is InChI=1S/C18H23FN4OS/c1-5-10-20-17(24)13(4)25-18-22-21-16(23(18)11-12(2)3)14-8-6-7-9-15(14)19/h5-9,12-13H,1,10-11H2,2-4H3,(H,20,24). The molecule has 5 nitrogen and oxygen atoms in total. The molecule has 0 bridgehead atoms. The van der Waals surface area contributed by atoms with Crippen LogP contribution in [-0.4, -0.2) is 32.5 Å². The predicted molar refractivity (Wildman–Crippen MR) is 98.8 cm³/mol. The Morgan fingerprint density at radius 2 is 2.08 bits per heavy atom. The summed E-state index contributed by atoms with van der Waals surface area (Å²) in [5.74, 6) is 0.364. The molecule has 7 heteroatoms. The van der Waals surface area contributed by atoms with E-state index in [2.05, 4.69) is 35.9 Å². The zero-order chi connectivity index (χ0) is 18.4. The van der Waals surface area contributed by atoms with E-state index in [1.54, 1.807) is 31.2 Å². The first-order valence-electron chi connectivity index (χ1n) is 8.17. The molecule has 2 rings (SSSR count). The molecule has 134 valence electrons. The SMILES string of the molecule is C=CCNC(=O)C(C)Sc1nnc(-c2ccccc2F)n1CC(C)C. The van der Waals surface area contributed by atoms with E-state index >= 15 is 0 Å². The summed E-state index contributed by atoms with van der Waals surface area (Å²) in [6.45, 7) is 10.6. The Morgan fingerprint density at radius 1 is 1.36 bits per heavy atom. The van der Waals surface area contributed by atoms with Crippen molar-refractivity contribution in [3.8, 4) is 11.4 Å². The van der Waals surface area contributed by atoms with Crippen LogP contribution in [0.1, 0.15) is 20.8 Å². The highest BCUT2D eigenvalue weighted by Crippen LogP contribution is 2.29. The Morgan fingerprint density at radius 3 is 2.72 bits per heavy atom. The Balaban J connectivity index is 2.31. The van der Waals surface area contributed by atoms with Gasteiger partial charge in [-0.25, -0.2) is 4.39 Å². The molecule has 1 heterocycles. The molecule has 0 aliphatic rings. The summed E-state index contributed by atoms with van der Waals surface area (Å²) < 4.78 is 16.1. The van der Waals surface area contributed by atoms with Gasteiger partial charge >= 0.3 is 0 Å². The minimum Gasteiger partial charge on any atom is -0.352 e. The number of benzene rings is 1. The van der Waals surface area contributed by atoms with Crippen LogP contribution in [0.5, 0.6) is 0 Å². The second-order valence-electron chi connectivity index (χ2n) is 6.08. The Labute approximate surface area is 151 Å². The van der Waals surface area contributed by atoms with Crippen LogP contribution in [0.4, 0.5) is 4.39 Å². The van der Waals surface area contributed by atoms with Crippen LogP contribution in [0, 0.1) is 11.7 Å². The van der Waals surface area contributed by atoms with Crippen LogP contribution in [0.3, 0.4) is 0 Å². The third kappa shape index (κ3) is 4.92. The minimum atomic E-state index is -0.344. The van der Waals surface area contributed by atoms with Gasteiger partial charge in [0.05, 0.1) is 10.8 Å². The number of hydrogen-bond donors (Lipinski definition) is 1. The van der Waals surface area contributed by atoms with Gasteiger partial charge in [0.15, 0.2) is 11.0 Å². The first-order chi connectivity index (χ1) is 11.9. The van der Waals surface area contributed by atoms with Crippen LogP contribution in [0.2, 0.25) is 0 Å². The maximum absolute atomic E-state index is 14.2. The zero-order valence-electron chi connectivity index (χ0n) is 14.7. The van der Waals surface area contributed by atoms with Crippen molar-refractivity contribution in [2.24, 2.45) is 5.92 Å². The molecule has 1 N–H and O–H groups in total. The number of rotatable bonds is 8. The van der Waals surface area contributed by atoms with Crippen molar-refractivity contribution >= 4 is 17.7 Å². The highest BCUT2D eigenvalue weighted by Gasteiger charge is 2.22. The van der Waals surface area contributed by atoms with Crippen LogP contribution in [0.15, 0.2) is 42.1 Å². The summed E-state index contributed by atoms with van der Waals surface area (Å²) >= 11 is 1.31. The molecule has 2 aromatic rings. The van der Waals surface area contributed by atoms with E-state index in [1.165, 1.54) is 17.8 Å². The Bertz CT molecular complexity index is 744. The van der Waals surface area contributed by atoms with Gasteiger partial charge in [0.25, 0.3) is 0 Å². The molecule has 0 saturated carbocycles. The topological polar surface area (TPSA) is 59.8 Å². The van der Waals surface area contributed by atoms with E-state index in [0.717, 1.165) is 0 Å². The van der Waals surface area contributed by atoms with Gasteiger partial charge in [-0.1, -0.05) is 43.8 Å². The van der Waals surface area contributed by atoms with Gasteiger partial charge in [0.1, 0.15) is 5.82 Å². The molecule has 25 heavy (non-hydrogen) atoms.